The Morgan fingerprint density at radius 3 is 2.82 bits per heavy atom. The lowest BCUT2D eigenvalue weighted by molar-refractivity contribution is 0.0839. The summed E-state index contributed by atoms with van der Waals surface area (Å²) in [6.07, 6.45) is 0.705. The summed E-state index contributed by atoms with van der Waals surface area (Å²) in [5.41, 5.74) is 6.35. The standard InChI is InChI=1S/C12H16ClN3O/c1-12(17)4-5-16(7-12)10-6-8(13)2-3-9(10)11(14)15/h2-3,6,17H,4-5,7H2,1H3,(H3,14,15). The summed E-state index contributed by atoms with van der Waals surface area (Å²) < 4.78 is 0. The average Bonchev–Trinajstić information content (AvgIpc) is 2.58. The third kappa shape index (κ3) is 2.53. The molecular weight excluding hydrogens is 238 g/mol. The highest BCUT2D eigenvalue weighted by molar-refractivity contribution is 6.31. The van der Waals surface area contributed by atoms with Crippen molar-refractivity contribution in [2.24, 2.45) is 5.73 Å². The number of halogens is 1. The zero-order chi connectivity index (χ0) is 12.6. The smallest absolute Gasteiger partial charge is 0.124 e. The molecule has 1 aromatic rings. The Hall–Kier alpha value is -1.26. The van der Waals surface area contributed by atoms with Gasteiger partial charge in [0.1, 0.15) is 5.84 Å². The van der Waals surface area contributed by atoms with Crippen molar-refractivity contribution in [1.82, 2.24) is 0 Å². The minimum atomic E-state index is -0.684. The van der Waals surface area contributed by atoms with Crippen LogP contribution in [0.1, 0.15) is 18.9 Å². The zero-order valence-electron chi connectivity index (χ0n) is 9.70. The largest absolute Gasteiger partial charge is 0.388 e. The van der Waals surface area contributed by atoms with Crippen LogP contribution in [-0.4, -0.2) is 29.6 Å². The Labute approximate surface area is 105 Å². The van der Waals surface area contributed by atoms with Crippen LogP contribution >= 0.6 is 11.6 Å². The first kappa shape index (κ1) is 12.2. The number of nitrogen functional groups attached to an aromatic ring is 1. The number of hydrogen-bond donors (Lipinski definition) is 3. The molecule has 1 fully saturated rings. The van der Waals surface area contributed by atoms with Crippen LogP contribution in [-0.2, 0) is 0 Å². The van der Waals surface area contributed by atoms with Gasteiger partial charge in [-0.3, -0.25) is 5.41 Å². The summed E-state index contributed by atoms with van der Waals surface area (Å²) >= 11 is 5.97. The molecular formula is C12H16ClN3O. The predicted octanol–water partition coefficient (Wildman–Crippen LogP) is 1.59. The van der Waals surface area contributed by atoms with E-state index in [-0.39, 0.29) is 5.84 Å². The summed E-state index contributed by atoms with van der Waals surface area (Å²) in [6.45, 7) is 3.09. The van der Waals surface area contributed by atoms with Gasteiger partial charge < -0.3 is 15.7 Å². The molecule has 0 bridgehead atoms. The Morgan fingerprint density at radius 1 is 1.59 bits per heavy atom. The highest BCUT2D eigenvalue weighted by atomic mass is 35.5. The quantitative estimate of drug-likeness (QED) is 0.554. The van der Waals surface area contributed by atoms with E-state index in [1.807, 2.05) is 11.8 Å². The molecule has 1 aromatic carbocycles. The number of nitrogens with one attached hydrogen (secondary N) is 1. The molecule has 2 rings (SSSR count). The molecule has 0 spiro atoms. The second kappa shape index (κ2) is 4.20. The minimum Gasteiger partial charge on any atom is -0.388 e. The van der Waals surface area contributed by atoms with Crippen LogP contribution in [0.25, 0.3) is 0 Å². The summed E-state index contributed by atoms with van der Waals surface area (Å²) in [5, 5.41) is 18.1. The van der Waals surface area contributed by atoms with Gasteiger partial charge in [-0.05, 0) is 31.5 Å². The van der Waals surface area contributed by atoms with Gasteiger partial charge in [0.2, 0.25) is 0 Å². The van der Waals surface area contributed by atoms with E-state index in [1.54, 1.807) is 18.2 Å². The van der Waals surface area contributed by atoms with E-state index >= 15 is 0 Å². The number of nitrogens with two attached hydrogens (primary N) is 1. The third-order valence-corrected chi connectivity index (χ3v) is 3.28. The second-order valence-electron chi connectivity index (χ2n) is 4.74. The molecule has 4 nitrogen and oxygen atoms in total. The van der Waals surface area contributed by atoms with Gasteiger partial charge in [0.25, 0.3) is 0 Å². The number of hydrogen-bond acceptors (Lipinski definition) is 3. The van der Waals surface area contributed by atoms with Crippen LogP contribution in [0.2, 0.25) is 5.02 Å². The van der Waals surface area contributed by atoms with Crippen molar-refractivity contribution in [3.05, 3.63) is 28.8 Å². The van der Waals surface area contributed by atoms with Gasteiger partial charge in [0, 0.05) is 29.4 Å². The van der Waals surface area contributed by atoms with Gasteiger partial charge in [-0.2, -0.15) is 0 Å². The fourth-order valence-electron chi connectivity index (χ4n) is 2.14. The second-order valence-corrected chi connectivity index (χ2v) is 5.18. The van der Waals surface area contributed by atoms with E-state index in [0.29, 0.717) is 23.6 Å². The van der Waals surface area contributed by atoms with Crippen LogP contribution in [0, 0.1) is 5.41 Å². The Bertz CT molecular complexity index is 459. The SMILES string of the molecule is CC1(O)CCN(c2cc(Cl)ccc2C(=N)N)C1. The van der Waals surface area contributed by atoms with Crippen LogP contribution in [0.5, 0.6) is 0 Å². The van der Waals surface area contributed by atoms with Crippen molar-refractivity contribution in [1.29, 1.82) is 5.41 Å². The predicted molar refractivity (Wildman–Crippen MR) is 69.9 cm³/mol. The number of rotatable bonds is 2. The van der Waals surface area contributed by atoms with Crippen molar-refractivity contribution in [3.63, 3.8) is 0 Å². The number of amidine groups is 1. The van der Waals surface area contributed by atoms with E-state index < -0.39 is 5.60 Å². The molecule has 0 saturated carbocycles. The molecule has 1 aliphatic rings. The first-order chi connectivity index (χ1) is 7.89. The number of β-amino-alcohol motifs (C(OH)–C–C–N with tert-alkyl or cyclic N) is 1. The van der Waals surface area contributed by atoms with Crippen molar-refractivity contribution in [3.8, 4) is 0 Å². The lowest BCUT2D eigenvalue weighted by Crippen LogP contribution is -2.30. The Morgan fingerprint density at radius 2 is 2.29 bits per heavy atom. The van der Waals surface area contributed by atoms with E-state index in [2.05, 4.69) is 0 Å². The highest BCUT2D eigenvalue weighted by Crippen LogP contribution is 2.31. The number of anilines is 1. The van der Waals surface area contributed by atoms with Crippen molar-refractivity contribution in [2.45, 2.75) is 18.9 Å². The van der Waals surface area contributed by atoms with Crippen molar-refractivity contribution < 1.29 is 5.11 Å². The van der Waals surface area contributed by atoms with Crippen LogP contribution in [0.4, 0.5) is 5.69 Å². The van der Waals surface area contributed by atoms with E-state index in [9.17, 15) is 5.11 Å². The average molecular weight is 254 g/mol. The number of nitrogens with zero attached hydrogens (tertiary/aromatic N) is 1. The molecule has 5 heteroatoms. The van der Waals surface area contributed by atoms with Crippen LogP contribution < -0.4 is 10.6 Å². The van der Waals surface area contributed by atoms with E-state index in [4.69, 9.17) is 22.7 Å². The van der Waals surface area contributed by atoms with Gasteiger partial charge >= 0.3 is 0 Å². The summed E-state index contributed by atoms with van der Waals surface area (Å²) in [7, 11) is 0. The third-order valence-electron chi connectivity index (χ3n) is 3.04. The molecule has 1 atom stereocenters. The fourth-order valence-corrected chi connectivity index (χ4v) is 2.31. The molecule has 0 radical (unpaired) electrons. The van der Waals surface area contributed by atoms with Gasteiger partial charge in [-0.15, -0.1) is 0 Å². The summed E-state index contributed by atoms with van der Waals surface area (Å²) in [4.78, 5) is 2.02. The minimum absolute atomic E-state index is 0.0169. The molecule has 1 aliphatic heterocycles. The number of benzene rings is 1. The van der Waals surface area contributed by atoms with Gasteiger partial charge in [-0.25, -0.2) is 0 Å². The van der Waals surface area contributed by atoms with Crippen molar-refractivity contribution >= 4 is 23.1 Å². The molecule has 1 saturated heterocycles. The topological polar surface area (TPSA) is 73.3 Å². The Kier molecular flexibility index (Phi) is 3.02. The van der Waals surface area contributed by atoms with E-state index in [0.717, 1.165) is 12.2 Å². The molecule has 17 heavy (non-hydrogen) atoms. The van der Waals surface area contributed by atoms with Gasteiger partial charge in [0.05, 0.1) is 5.60 Å². The molecule has 92 valence electrons. The number of aliphatic hydroxyl groups is 1. The maximum absolute atomic E-state index is 9.97. The Balaban J connectivity index is 2.38. The normalized spacial score (nSPS) is 24.1. The molecule has 0 aliphatic carbocycles. The maximum Gasteiger partial charge on any atom is 0.124 e. The zero-order valence-corrected chi connectivity index (χ0v) is 10.5. The van der Waals surface area contributed by atoms with Gasteiger partial charge in [0.15, 0.2) is 0 Å². The first-order valence-electron chi connectivity index (χ1n) is 5.50. The summed E-state index contributed by atoms with van der Waals surface area (Å²) in [6, 6.07) is 5.25. The summed E-state index contributed by atoms with van der Waals surface area (Å²) in [5.74, 6) is 0.0169. The van der Waals surface area contributed by atoms with Crippen molar-refractivity contribution in [2.75, 3.05) is 18.0 Å². The monoisotopic (exact) mass is 253 g/mol. The fraction of sp³-hybridized carbons (Fsp3) is 0.417. The lowest BCUT2D eigenvalue weighted by atomic mass is 10.1. The van der Waals surface area contributed by atoms with Crippen LogP contribution in [0.15, 0.2) is 18.2 Å². The molecule has 4 N–H and O–H groups in total. The van der Waals surface area contributed by atoms with E-state index in [1.165, 1.54) is 0 Å². The lowest BCUT2D eigenvalue weighted by Gasteiger charge is -2.23. The first-order valence-corrected chi connectivity index (χ1v) is 5.88. The maximum atomic E-state index is 9.97. The van der Waals surface area contributed by atoms with Crippen LogP contribution in [0.3, 0.4) is 0 Å². The molecule has 0 aromatic heterocycles. The molecule has 1 unspecified atom stereocenters. The highest BCUT2D eigenvalue weighted by Gasteiger charge is 2.32. The molecule has 1 heterocycles. The molecule has 0 amide bonds. The van der Waals surface area contributed by atoms with Gasteiger partial charge in [-0.1, -0.05) is 11.6 Å².